The summed E-state index contributed by atoms with van der Waals surface area (Å²) in [4.78, 5) is 20.9. The second kappa shape index (κ2) is 5.98. The third-order valence-corrected chi connectivity index (χ3v) is 1.97. The monoisotopic (exact) mass is 274 g/mol. The van der Waals surface area contributed by atoms with Crippen LogP contribution in [0.5, 0.6) is 0 Å². The Morgan fingerprint density at radius 1 is 1.42 bits per heavy atom. The molecule has 0 atom stereocenters. The van der Waals surface area contributed by atoms with Crippen molar-refractivity contribution >= 4 is 17.7 Å². The number of carbonyl (C=O) groups excluding carboxylic acids is 1. The number of halogens is 3. The van der Waals surface area contributed by atoms with Crippen molar-refractivity contribution in [2.75, 3.05) is 6.54 Å². The molecule has 0 aliphatic heterocycles. The van der Waals surface area contributed by atoms with E-state index in [2.05, 4.69) is 0 Å². The Labute approximate surface area is 105 Å². The maximum atomic E-state index is 11.8. The summed E-state index contributed by atoms with van der Waals surface area (Å²) in [6, 6.07) is 5.36. The van der Waals surface area contributed by atoms with Crippen molar-refractivity contribution in [3.05, 3.63) is 46.0 Å². The van der Waals surface area contributed by atoms with Crippen molar-refractivity contribution in [3.63, 3.8) is 0 Å². The van der Waals surface area contributed by atoms with Gasteiger partial charge in [-0.2, -0.15) is 13.2 Å². The van der Waals surface area contributed by atoms with Crippen LogP contribution in [0.15, 0.2) is 30.3 Å². The molecule has 102 valence electrons. The molecule has 0 bridgehead atoms. The first-order chi connectivity index (χ1) is 8.78. The summed E-state index contributed by atoms with van der Waals surface area (Å²) in [5.74, 6) is -0.927. The molecule has 0 spiro atoms. The quantitative estimate of drug-likeness (QED) is 0.520. The lowest BCUT2D eigenvalue weighted by Crippen LogP contribution is -2.32. The van der Waals surface area contributed by atoms with E-state index in [1.54, 1.807) is 5.32 Å². The first kappa shape index (κ1) is 14.7. The molecule has 0 unspecified atom stereocenters. The summed E-state index contributed by atoms with van der Waals surface area (Å²) in [6.07, 6.45) is -2.40. The molecule has 1 aromatic rings. The Kier molecular flexibility index (Phi) is 4.62. The van der Waals surface area contributed by atoms with Crippen molar-refractivity contribution in [2.24, 2.45) is 0 Å². The van der Waals surface area contributed by atoms with Crippen LogP contribution in [0.2, 0.25) is 0 Å². The van der Waals surface area contributed by atoms with Crippen LogP contribution in [0.1, 0.15) is 5.56 Å². The van der Waals surface area contributed by atoms with E-state index in [-0.39, 0.29) is 5.69 Å². The van der Waals surface area contributed by atoms with Crippen LogP contribution in [-0.2, 0) is 4.79 Å². The molecule has 1 N–H and O–H groups in total. The van der Waals surface area contributed by atoms with Crippen LogP contribution >= 0.6 is 0 Å². The number of carbonyl (C=O) groups is 1. The van der Waals surface area contributed by atoms with Gasteiger partial charge in [-0.3, -0.25) is 14.9 Å². The highest BCUT2D eigenvalue weighted by Crippen LogP contribution is 2.14. The van der Waals surface area contributed by atoms with Gasteiger partial charge in [-0.15, -0.1) is 0 Å². The van der Waals surface area contributed by atoms with Gasteiger partial charge in [-0.25, -0.2) is 0 Å². The lowest BCUT2D eigenvalue weighted by atomic mass is 10.2. The third kappa shape index (κ3) is 5.66. The number of nitro benzene ring substituents is 1. The average Bonchev–Trinajstić information content (AvgIpc) is 2.33. The standard InChI is InChI=1S/C11H9F3N2O3/c12-11(13,14)7-15-10(17)5-4-8-2-1-3-9(6-8)16(18)19/h1-6H,7H2,(H,15,17)/b5-4+. The predicted octanol–water partition coefficient (Wildman–Crippen LogP) is 2.29. The number of amides is 1. The minimum absolute atomic E-state index is 0.169. The van der Waals surface area contributed by atoms with Crippen molar-refractivity contribution < 1.29 is 22.9 Å². The van der Waals surface area contributed by atoms with Gasteiger partial charge in [0.15, 0.2) is 0 Å². The number of non-ortho nitro benzene ring substituents is 1. The summed E-state index contributed by atoms with van der Waals surface area (Å²) < 4.78 is 35.4. The zero-order valence-corrected chi connectivity index (χ0v) is 9.48. The molecular weight excluding hydrogens is 265 g/mol. The first-order valence-electron chi connectivity index (χ1n) is 5.05. The summed E-state index contributed by atoms with van der Waals surface area (Å²) >= 11 is 0. The fourth-order valence-electron chi connectivity index (χ4n) is 1.16. The molecule has 0 aliphatic carbocycles. The molecule has 5 nitrogen and oxygen atoms in total. The van der Waals surface area contributed by atoms with E-state index in [0.717, 1.165) is 6.08 Å². The van der Waals surface area contributed by atoms with E-state index in [0.29, 0.717) is 5.56 Å². The van der Waals surface area contributed by atoms with E-state index in [9.17, 15) is 28.1 Å². The first-order valence-corrected chi connectivity index (χ1v) is 5.05. The Bertz CT molecular complexity index is 512. The van der Waals surface area contributed by atoms with Crippen LogP contribution in [-0.4, -0.2) is 23.6 Å². The molecule has 19 heavy (non-hydrogen) atoms. The van der Waals surface area contributed by atoms with Crippen molar-refractivity contribution in [2.45, 2.75) is 6.18 Å². The number of nitrogens with zero attached hydrogens (tertiary/aromatic N) is 1. The molecule has 0 saturated heterocycles. The lowest BCUT2D eigenvalue weighted by Gasteiger charge is -2.05. The number of nitro groups is 1. The van der Waals surface area contributed by atoms with E-state index >= 15 is 0 Å². The number of alkyl halides is 3. The second-order valence-electron chi connectivity index (χ2n) is 3.52. The summed E-state index contributed by atoms with van der Waals surface area (Å²) in [6.45, 7) is -1.43. The highest BCUT2D eigenvalue weighted by Gasteiger charge is 2.27. The largest absolute Gasteiger partial charge is 0.405 e. The van der Waals surface area contributed by atoms with Gasteiger partial charge in [0.25, 0.3) is 5.69 Å². The van der Waals surface area contributed by atoms with Crippen LogP contribution in [0.4, 0.5) is 18.9 Å². The fraction of sp³-hybridized carbons (Fsp3) is 0.182. The van der Waals surface area contributed by atoms with Gasteiger partial charge in [0.05, 0.1) is 4.92 Å². The van der Waals surface area contributed by atoms with Crippen LogP contribution in [0.3, 0.4) is 0 Å². The van der Waals surface area contributed by atoms with Crippen molar-refractivity contribution in [1.29, 1.82) is 0 Å². The van der Waals surface area contributed by atoms with Gasteiger partial charge < -0.3 is 5.32 Å². The Hall–Kier alpha value is -2.38. The molecule has 0 aliphatic rings. The SMILES string of the molecule is O=C(/C=C/c1cccc([N+](=O)[O-])c1)NCC(F)(F)F. The minimum Gasteiger partial charge on any atom is -0.343 e. The number of hydrogen-bond acceptors (Lipinski definition) is 3. The van der Waals surface area contributed by atoms with Gasteiger partial charge in [0.2, 0.25) is 5.91 Å². The topological polar surface area (TPSA) is 72.2 Å². The highest BCUT2D eigenvalue weighted by molar-refractivity contribution is 5.91. The molecule has 0 heterocycles. The van der Waals surface area contributed by atoms with Gasteiger partial charge in [0, 0.05) is 18.2 Å². The van der Waals surface area contributed by atoms with E-state index in [4.69, 9.17) is 0 Å². The Balaban J connectivity index is 2.64. The number of benzene rings is 1. The van der Waals surface area contributed by atoms with Gasteiger partial charge >= 0.3 is 6.18 Å². The van der Waals surface area contributed by atoms with Crippen LogP contribution in [0.25, 0.3) is 6.08 Å². The van der Waals surface area contributed by atoms with E-state index in [1.165, 1.54) is 30.3 Å². The maximum Gasteiger partial charge on any atom is 0.405 e. The summed E-state index contributed by atoms with van der Waals surface area (Å²) in [5, 5.41) is 12.1. The Morgan fingerprint density at radius 3 is 2.68 bits per heavy atom. The Morgan fingerprint density at radius 2 is 2.11 bits per heavy atom. The molecule has 0 aromatic heterocycles. The normalized spacial score (nSPS) is 11.5. The maximum absolute atomic E-state index is 11.8. The third-order valence-electron chi connectivity index (χ3n) is 1.97. The smallest absolute Gasteiger partial charge is 0.343 e. The molecule has 1 aromatic carbocycles. The highest BCUT2D eigenvalue weighted by atomic mass is 19.4. The number of rotatable bonds is 4. The molecule has 0 fully saturated rings. The summed E-state index contributed by atoms with van der Waals surface area (Å²) in [7, 11) is 0. The molecule has 0 radical (unpaired) electrons. The zero-order valence-electron chi connectivity index (χ0n) is 9.48. The second-order valence-corrected chi connectivity index (χ2v) is 3.52. The van der Waals surface area contributed by atoms with Crippen molar-refractivity contribution in [1.82, 2.24) is 5.32 Å². The predicted molar refractivity (Wildman–Crippen MR) is 61.2 cm³/mol. The number of nitrogens with one attached hydrogen (secondary N) is 1. The van der Waals surface area contributed by atoms with E-state index in [1.807, 2.05) is 0 Å². The molecule has 1 rings (SSSR count). The zero-order chi connectivity index (χ0) is 14.5. The minimum atomic E-state index is -4.48. The van der Waals surface area contributed by atoms with Crippen LogP contribution < -0.4 is 5.32 Å². The number of hydrogen-bond donors (Lipinski definition) is 1. The molecule has 0 saturated carbocycles. The summed E-state index contributed by atoms with van der Waals surface area (Å²) in [5.41, 5.74) is 0.175. The molecule has 1 amide bonds. The molecular formula is C11H9F3N2O3. The van der Waals surface area contributed by atoms with Crippen molar-refractivity contribution in [3.8, 4) is 0 Å². The van der Waals surface area contributed by atoms with Gasteiger partial charge in [-0.05, 0) is 11.6 Å². The lowest BCUT2D eigenvalue weighted by molar-refractivity contribution is -0.384. The average molecular weight is 274 g/mol. The molecule has 8 heteroatoms. The van der Waals surface area contributed by atoms with Gasteiger partial charge in [0.1, 0.15) is 6.54 Å². The van der Waals surface area contributed by atoms with Gasteiger partial charge in [-0.1, -0.05) is 12.1 Å². The fourth-order valence-corrected chi connectivity index (χ4v) is 1.16. The van der Waals surface area contributed by atoms with Crippen LogP contribution in [0, 0.1) is 10.1 Å². The van der Waals surface area contributed by atoms with E-state index < -0.39 is 23.6 Å².